The summed E-state index contributed by atoms with van der Waals surface area (Å²) in [5.41, 5.74) is 0. The summed E-state index contributed by atoms with van der Waals surface area (Å²) in [7, 11) is 4.92. The van der Waals surface area contributed by atoms with Crippen molar-refractivity contribution in [1.29, 1.82) is 0 Å². The van der Waals surface area contributed by atoms with E-state index in [4.69, 9.17) is 23.7 Å². The quantitative estimate of drug-likeness (QED) is 0.403. The van der Waals surface area contributed by atoms with Gasteiger partial charge >= 0.3 is 0 Å². The zero-order valence-electron chi connectivity index (χ0n) is 19.5. The summed E-state index contributed by atoms with van der Waals surface area (Å²) in [6, 6.07) is 13.4. The van der Waals surface area contributed by atoms with Crippen LogP contribution in [-0.4, -0.2) is 47.1 Å². The Labute approximate surface area is 186 Å². The van der Waals surface area contributed by atoms with E-state index in [2.05, 4.69) is 19.2 Å². The molecule has 1 N–H and O–H groups in total. The first kappa shape index (κ1) is 24.7. The van der Waals surface area contributed by atoms with Crippen LogP contribution in [0.15, 0.2) is 42.5 Å². The molecule has 2 rings (SSSR count). The molecule has 0 aliphatic carbocycles. The molecular formula is C25H37NO5. The van der Waals surface area contributed by atoms with E-state index in [0.717, 1.165) is 49.6 Å². The molecule has 0 fully saturated rings. The van der Waals surface area contributed by atoms with Gasteiger partial charge < -0.3 is 29.0 Å². The summed E-state index contributed by atoms with van der Waals surface area (Å²) < 4.78 is 28.3. The Kier molecular flexibility index (Phi) is 10.9. The van der Waals surface area contributed by atoms with Crippen molar-refractivity contribution in [3.05, 3.63) is 42.5 Å². The number of hydrogen-bond acceptors (Lipinski definition) is 6. The molecule has 6 nitrogen and oxygen atoms in total. The van der Waals surface area contributed by atoms with E-state index >= 15 is 0 Å². The van der Waals surface area contributed by atoms with E-state index in [1.165, 1.54) is 0 Å². The van der Waals surface area contributed by atoms with Crippen molar-refractivity contribution in [2.24, 2.45) is 5.92 Å². The monoisotopic (exact) mass is 431 g/mol. The second-order valence-electron chi connectivity index (χ2n) is 7.75. The van der Waals surface area contributed by atoms with Crippen molar-refractivity contribution in [2.75, 3.05) is 41.0 Å². The molecule has 0 amide bonds. The third-order valence-corrected chi connectivity index (χ3v) is 4.88. The van der Waals surface area contributed by atoms with Crippen LogP contribution in [0.5, 0.6) is 28.7 Å². The van der Waals surface area contributed by atoms with Crippen molar-refractivity contribution in [3.8, 4) is 28.7 Å². The first-order valence-electron chi connectivity index (χ1n) is 10.9. The lowest BCUT2D eigenvalue weighted by atomic mass is 10.0. The number of ether oxygens (including phenoxy) is 5. The van der Waals surface area contributed by atoms with Gasteiger partial charge in [0.05, 0.1) is 27.4 Å². The van der Waals surface area contributed by atoms with Crippen LogP contribution in [0.1, 0.15) is 33.1 Å². The third kappa shape index (κ3) is 8.21. The van der Waals surface area contributed by atoms with E-state index in [-0.39, 0.29) is 6.10 Å². The zero-order valence-corrected chi connectivity index (χ0v) is 19.5. The molecule has 0 aromatic heterocycles. The Balaban J connectivity index is 1.77. The third-order valence-electron chi connectivity index (χ3n) is 4.88. The lowest BCUT2D eigenvalue weighted by molar-refractivity contribution is 0.154. The number of hydrogen-bond donors (Lipinski definition) is 1. The molecule has 0 aliphatic rings. The Hall–Kier alpha value is -2.60. The van der Waals surface area contributed by atoms with Crippen molar-refractivity contribution in [3.63, 3.8) is 0 Å². The van der Waals surface area contributed by atoms with Crippen LogP contribution in [-0.2, 0) is 0 Å². The Morgan fingerprint density at radius 3 is 2.13 bits per heavy atom. The van der Waals surface area contributed by atoms with Gasteiger partial charge in [-0.05, 0) is 56.0 Å². The normalized spacial score (nSPS) is 11.8. The van der Waals surface area contributed by atoms with Gasteiger partial charge in [0.15, 0.2) is 23.0 Å². The highest BCUT2D eigenvalue weighted by atomic mass is 16.5. The minimum Gasteiger partial charge on any atom is -0.493 e. The molecule has 1 unspecified atom stereocenters. The lowest BCUT2D eigenvalue weighted by Crippen LogP contribution is -2.25. The van der Waals surface area contributed by atoms with Crippen molar-refractivity contribution >= 4 is 0 Å². The van der Waals surface area contributed by atoms with Crippen LogP contribution in [0, 0.1) is 5.92 Å². The minimum atomic E-state index is 0.118. The predicted molar refractivity (Wildman–Crippen MR) is 124 cm³/mol. The van der Waals surface area contributed by atoms with Crippen LogP contribution in [0.25, 0.3) is 0 Å². The second-order valence-corrected chi connectivity index (χ2v) is 7.75. The zero-order chi connectivity index (χ0) is 22.5. The Morgan fingerprint density at radius 1 is 0.774 bits per heavy atom. The number of benzene rings is 2. The topological polar surface area (TPSA) is 58.2 Å². The van der Waals surface area contributed by atoms with Gasteiger partial charge in [-0.2, -0.15) is 0 Å². The summed E-state index contributed by atoms with van der Waals surface area (Å²) >= 11 is 0. The van der Waals surface area contributed by atoms with E-state index < -0.39 is 0 Å². The molecule has 0 spiro atoms. The fourth-order valence-electron chi connectivity index (χ4n) is 3.43. The molecule has 0 saturated carbocycles. The molecule has 6 heteroatoms. The van der Waals surface area contributed by atoms with Crippen LogP contribution in [0.4, 0.5) is 0 Å². The SMILES string of the molecule is COc1ccccc1OCCNCCCC(CC(C)C)Oc1cccc(OC)c1OC. The Bertz CT molecular complexity index is 765. The second kappa shape index (κ2) is 13.7. The average molecular weight is 432 g/mol. The molecule has 0 heterocycles. The van der Waals surface area contributed by atoms with Gasteiger partial charge in [0.2, 0.25) is 5.75 Å². The van der Waals surface area contributed by atoms with E-state index in [9.17, 15) is 0 Å². The number of rotatable bonds is 15. The summed E-state index contributed by atoms with van der Waals surface area (Å²) in [4.78, 5) is 0. The van der Waals surface area contributed by atoms with Gasteiger partial charge in [-0.15, -0.1) is 0 Å². The van der Waals surface area contributed by atoms with E-state index in [0.29, 0.717) is 24.0 Å². The standard InChI is InChI=1S/C25H37NO5/c1-19(2)18-20(31-24-14-8-13-23(28-4)25(24)29-5)10-9-15-26-16-17-30-22-12-7-6-11-21(22)27-3/h6-8,11-14,19-20,26H,9-10,15-18H2,1-5H3. The average Bonchev–Trinajstić information content (AvgIpc) is 2.77. The van der Waals surface area contributed by atoms with Crippen LogP contribution >= 0.6 is 0 Å². The largest absolute Gasteiger partial charge is 0.493 e. The minimum absolute atomic E-state index is 0.118. The number of para-hydroxylation sites is 3. The summed E-state index contributed by atoms with van der Waals surface area (Å²) in [5, 5.41) is 3.44. The maximum atomic E-state index is 6.33. The van der Waals surface area contributed by atoms with Crippen molar-refractivity contribution in [1.82, 2.24) is 5.32 Å². The van der Waals surface area contributed by atoms with Gasteiger partial charge in [0.1, 0.15) is 6.61 Å². The van der Waals surface area contributed by atoms with Crippen molar-refractivity contribution < 1.29 is 23.7 Å². The molecule has 0 saturated heterocycles. The van der Waals surface area contributed by atoms with Gasteiger partial charge in [-0.25, -0.2) is 0 Å². The van der Waals surface area contributed by atoms with Gasteiger partial charge in [-0.1, -0.05) is 32.0 Å². The maximum Gasteiger partial charge on any atom is 0.203 e. The summed E-state index contributed by atoms with van der Waals surface area (Å²) in [5.74, 6) is 4.12. The number of methoxy groups -OCH3 is 3. The fraction of sp³-hybridized carbons (Fsp3) is 0.520. The molecule has 172 valence electrons. The molecule has 31 heavy (non-hydrogen) atoms. The Morgan fingerprint density at radius 2 is 1.45 bits per heavy atom. The summed E-state index contributed by atoms with van der Waals surface area (Å²) in [6.07, 6.45) is 3.07. The van der Waals surface area contributed by atoms with Gasteiger partial charge in [-0.3, -0.25) is 0 Å². The number of nitrogens with one attached hydrogen (secondary N) is 1. The fourth-order valence-corrected chi connectivity index (χ4v) is 3.43. The van der Waals surface area contributed by atoms with Gasteiger partial charge in [0.25, 0.3) is 0 Å². The molecule has 0 aliphatic heterocycles. The lowest BCUT2D eigenvalue weighted by Gasteiger charge is -2.23. The van der Waals surface area contributed by atoms with Crippen LogP contribution in [0.2, 0.25) is 0 Å². The molecular weight excluding hydrogens is 394 g/mol. The first-order chi connectivity index (χ1) is 15.1. The molecule has 2 aromatic carbocycles. The van der Waals surface area contributed by atoms with E-state index in [1.54, 1.807) is 21.3 Å². The van der Waals surface area contributed by atoms with Crippen LogP contribution < -0.4 is 29.0 Å². The molecule has 2 aromatic rings. The first-order valence-corrected chi connectivity index (χ1v) is 10.9. The molecule has 1 atom stereocenters. The highest BCUT2D eigenvalue weighted by Gasteiger charge is 2.17. The predicted octanol–water partition coefficient (Wildman–Crippen LogP) is 4.95. The highest BCUT2D eigenvalue weighted by molar-refractivity contribution is 5.51. The molecule has 0 bridgehead atoms. The van der Waals surface area contributed by atoms with E-state index in [1.807, 2.05) is 42.5 Å². The molecule has 0 radical (unpaired) electrons. The van der Waals surface area contributed by atoms with Gasteiger partial charge in [0, 0.05) is 6.54 Å². The maximum absolute atomic E-state index is 6.33. The van der Waals surface area contributed by atoms with Crippen molar-refractivity contribution in [2.45, 2.75) is 39.2 Å². The summed E-state index contributed by atoms with van der Waals surface area (Å²) in [6.45, 7) is 6.70. The smallest absolute Gasteiger partial charge is 0.203 e. The highest BCUT2D eigenvalue weighted by Crippen LogP contribution is 2.38. The van der Waals surface area contributed by atoms with Crippen LogP contribution in [0.3, 0.4) is 0 Å².